The number of rotatable bonds is 3. The second-order valence-electron chi connectivity index (χ2n) is 4.80. The van der Waals surface area contributed by atoms with Gasteiger partial charge >= 0.3 is 0 Å². The molecule has 21 heavy (non-hydrogen) atoms. The molecule has 0 spiro atoms. The van der Waals surface area contributed by atoms with Crippen molar-refractivity contribution in [1.82, 2.24) is 10.6 Å². The van der Waals surface area contributed by atoms with E-state index in [1.54, 1.807) is 7.11 Å². The van der Waals surface area contributed by atoms with Gasteiger partial charge in [-0.1, -0.05) is 30.3 Å². The van der Waals surface area contributed by atoms with Gasteiger partial charge in [-0.3, -0.25) is 0 Å². The van der Waals surface area contributed by atoms with E-state index in [4.69, 9.17) is 17.0 Å². The van der Waals surface area contributed by atoms with Crippen LogP contribution in [0.4, 0.5) is 0 Å². The summed E-state index contributed by atoms with van der Waals surface area (Å²) >= 11 is 5.32. The van der Waals surface area contributed by atoms with Gasteiger partial charge in [0.1, 0.15) is 5.75 Å². The number of thiocarbonyl (C=S) groups is 1. The fourth-order valence-corrected chi connectivity index (χ4v) is 2.57. The van der Waals surface area contributed by atoms with Crippen molar-refractivity contribution >= 4 is 23.0 Å². The zero-order valence-electron chi connectivity index (χ0n) is 11.7. The first-order valence-electron chi connectivity index (χ1n) is 6.75. The highest BCUT2D eigenvalue weighted by atomic mass is 32.1. The molecule has 0 fully saturated rings. The highest BCUT2D eigenvalue weighted by molar-refractivity contribution is 7.80. The molecule has 2 aromatic rings. The number of methoxy groups -OCH3 is 1. The fourth-order valence-electron chi connectivity index (χ4n) is 2.33. The third kappa shape index (κ3) is 3.06. The van der Waals surface area contributed by atoms with Crippen LogP contribution in [0.1, 0.15) is 17.2 Å². The average molecular weight is 296 g/mol. The van der Waals surface area contributed by atoms with Crippen LogP contribution in [0.5, 0.6) is 5.75 Å². The molecule has 106 valence electrons. The predicted octanol–water partition coefficient (Wildman–Crippen LogP) is 3.26. The van der Waals surface area contributed by atoms with Gasteiger partial charge in [0.15, 0.2) is 5.11 Å². The maximum atomic E-state index is 5.32. The second-order valence-corrected chi connectivity index (χ2v) is 5.20. The van der Waals surface area contributed by atoms with Gasteiger partial charge in [0.25, 0.3) is 0 Å². The Morgan fingerprint density at radius 2 is 1.71 bits per heavy atom. The molecule has 1 aliphatic heterocycles. The summed E-state index contributed by atoms with van der Waals surface area (Å²) in [5.41, 5.74) is 3.28. The third-order valence-electron chi connectivity index (χ3n) is 3.43. The summed E-state index contributed by atoms with van der Waals surface area (Å²) in [6.45, 7) is 0. The Labute approximate surface area is 129 Å². The van der Waals surface area contributed by atoms with Gasteiger partial charge in [-0.15, -0.1) is 0 Å². The van der Waals surface area contributed by atoms with Crippen LogP contribution >= 0.6 is 12.2 Å². The largest absolute Gasteiger partial charge is 0.497 e. The molecule has 3 nitrogen and oxygen atoms in total. The Morgan fingerprint density at radius 1 is 1.00 bits per heavy atom. The van der Waals surface area contributed by atoms with Crippen molar-refractivity contribution < 1.29 is 4.74 Å². The summed E-state index contributed by atoms with van der Waals surface area (Å²) in [4.78, 5) is 0. The monoisotopic (exact) mass is 296 g/mol. The van der Waals surface area contributed by atoms with E-state index in [0.717, 1.165) is 17.0 Å². The van der Waals surface area contributed by atoms with Gasteiger partial charge in [0.2, 0.25) is 0 Å². The van der Waals surface area contributed by atoms with Crippen LogP contribution in [-0.4, -0.2) is 12.2 Å². The van der Waals surface area contributed by atoms with Crippen molar-refractivity contribution in [3.63, 3.8) is 0 Å². The number of benzene rings is 2. The summed E-state index contributed by atoms with van der Waals surface area (Å²) in [6, 6.07) is 18.3. The molecule has 0 aliphatic carbocycles. The van der Waals surface area contributed by atoms with Crippen LogP contribution in [0.2, 0.25) is 0 Å². The molecule has 0 bridgehead atoms. The highest BCUT2D eigenvalue weighted by Crippen LogP contribution is 2.24. The number of hydrogen-bond acceptors (Lipinski definition) is 2. The fraction of sp³-hybridized carbons (Fsp3) is 0.118. The molecular weight excluding hydrogens is 280 g/mol. The van der Waals surface area contributed by atoms with E-state index >= 15 is 0 Å². The minimum absolute atomic E-state index is 0.0806. The molecule has 2 N–H and O–H groups in total. The minimum atomic E-state index is 0.0806. The quantitative estimate of drug-likeness (QED) is 0.852. The van der Waals surface area contributed by atoms with Crippen molar-refractivity contribution in [3.8, 4) is 5.75 Å². The Hall–Kier alpha value is -2.33. The predicted molar refractivity (Wildman–Crippen MR) is 89.0 cm³/mol. The van der Waals surface area contributed by atoms with Gasteiger partial charge in [-0.05, 0) is 53.7 Å². The van der Waals surface area contributed by atoms with E-state index < -0.39 is 0 Å². The lowest BCUT2D eigenvalue weighted by Crippen LogP contribution is -2.40. The van der Waals surface area contributed by atoms with Crippen molar-refractivity contribution in [2.75, 3.05) is 7.11 Å². The maximum Gasteiger partial charge on any atom is 0.171 e. The molecule has 0 aromatic heterocycles. The van der Waals surface area contributed by atoms with Crippen LogP contribution in [0, 0.1) is 0 Å². The van der Waals surface area contributed by atoms with E-state index in [1.165, 1.54) is 5.56 Å². The first-order chi connectivity index (χ1) is 10.3. The average Bonchev–Trinajstić information content (AvgIpc) is 2.55. The second kappa shape index (κ2) is 5.97. The highest BCUT2D eigenvalue weighted by Gasteiger charge is 2.18. The van der Waals surface area contributed by atoms with Crippen LogP contribution in [0.3, 0.4) is 0 Å². The van der Waals surface area contributed by atoms with Crippen molar-refractivity contribution in [1.29, 1.82) is 0 Å². The first-order valence-corrected chi connectivity index (χ1v) is 7.16. The lowest BCUT2D eigenvalue weighted by molar-refractivity contribution is 0.415. The van der Waals surface area contributed by atoms with E-state index in [2.05, 4.69) is 28.8 Å². The van der Waals surface area contributed by atoms with Gasteiger partial charge in [-0.2, -0.15) is 0 Å². The van der Waals surface area contributed by atoms with E-state index in [-0.39, 0.29) is 6.04 Å². The Morgan fingerprint density at radius 3 is 2.38 bits per heavy atom. The van der Waals surface area contributed by atoms with Gasteiger partial charge in [0, 0.05) is 5.70 Å². The lowest BCUT2D eigenvalue weighted by Gasteiger charge is -2.26. The van der Waals surface area contributed by atoms with Crippen molar-refractivity contribution in [3.05, 3.63) is 71.8 Å². The Balaban J connectivity index is 1.92. The zero-order valence-corrected chi connectivity index (χ0v) is 12.5. The molecule has 1 heterocycles. The third-order valence-corrected chi connectivity index (χ3v) is 3.65. The summed E-state index contributed by atoms with van der Waals surface area (Å²) in [5, 5.41) is 7.12. The van der Waals surface area contributed by atoms with Gasteiger partial charge < -0.3 is 15.4 Å². The molecule has 0 saturated heterocycles. The van der Waals surface area contributed by atoms with Crippen LogP contribution in [-0.2, 0) is 0 Å². The zero-order chi connectivity index (χ0) is 14.7. The van der Waals surface area contributed by atoms with E-state index in [9.17, 15) is 0 Å². The number of ether oxygens (including phenoxy) is 1. The Kier molecular flexibility index (Phi) is 3.88. The smallest absolute Gasteiger partial charge is 0.171 e. The lowest BCUT2D eigenvalue weighted by atomic mass is 10.0. The maximum absolute atomic E-state index is 5.32. The van der Waals surface area contributed by atoms with Crippen molar-refractivity contribution in [2.24, 2.45) is 0 Å². The topological polar surface area (TPSA) is 33.3 Å². The minimum Gasteiger partial charge on any atom is -0.497 e. The molecule has 0 saturated carbocycles. The molecule has 0 radical (unpaired) electrons. The molecule has 2 aromatic carbocycles. The van der Waals surface area contributed by atoms with E-state index in [1.807, 2.05) is 42.5 Å². The van der Waals surface area contributed by atoms with Crippen LogP contribution in [0.25, 0.3) is 5.70 Å². The van der Waals surface area contributed by atoms with E-state index in [0.29, 0.717) is 5.11 Å². The molecule has 3 rings (SSSR count). The Bertz CT molecular complexity index is 665. The summed E-state index contributed by atoms with van der Waals surface area (Å²) in [6.07, 6.45) is 2.15. The molecule has 0 amide bonds. The molecule has 4 heteroatoms. The molecule has 1 atom stereocenters. The van der Waals surface area contributed by atoms with Gasteiger partial charge in [0.05, 0.1) is 13.2 Å². The summed E-state index contributed by atoms with van der Waals surface area (Å²) in [5.74, 6) is 0.843. The normalized spacial score (nSPS) is 17.5. The summed E-state index contributed by atoms with van der Waals surface area (Å²) < 4.78 is 5.19. The molecule has 1 aliphatic rings. The number of hydrogen-bond donors (Lipinski definition) is 2. The first kappa shape index (κ1) is 13.6. The van der Waals surface area contributed by atoms with Crippen LogP contribution in [0.15, 0.2) is 60.7 Å². The summed E-state index contributed by atoms with van der Waals surface area (Å²) in [7, 11) is 1.66. The number of nitrogens with one attached hydrogen (secondary N) is 2. The molecular formula is C17H16N2OS. The van der Waals surface area contributed by atoms with Crippen LogP contribution < -0.4 is 15.4 Å². The standard InChI is InChI=1S/C17H16N2OS/c1-20-14-9-7-13(8-10-14)16-11-15(18-17(21)19-16)12-5-3-2-4-6-12/h2-11,15H,1H3,(H2,18,19,21)/t15-/m1/s1. The SMILES string of the molecule is COc1ccc(C2=C[C@H](c3ccccc3)NC(=S)N2)cc1. The van der Waals surface area contributed by atoms with Crippen molar-refractivity contribution in [2.45, 2.75) is 6.04 Å². The van der Waals surface area contributed by atoms with Gasteiger partial charge in [-0.25, -0.2) is 0 Å². The molecule has 0 unspecified atom stereocenters.